The van der Waals surface area contributed by atoms with Crippen LogP contribution in [-0.2, 0) is 9.13 Å². The normalized spacial score (nSPS) is 12.5. The predicted molar refractivity (Wildman–Crippen MR) is 86.7 cm³/mol. The Hall–Kier alpha value is -0.670. The molecule has 0 unspecified atom stereocenters. The van der Waals surface area contributed by atoms with Crippen molar-refractivity contribution in [3.8, 4) is 11.5 Å². The number of aryl methyl sites for hydroxylation is 1. The monoisotopic (exact) mass is 458 g/mol. The minimum absolute atomic E-state index is 0.0715. The van der Waals surface area contributed by atoms with Crippen LogP contribution >= 0.6 is 38.2 Å². The van der Waals surface area contributed by atoms with Crippen molar-refractivity contribution in [2.24, 2.45) is 0 Å². The maximum atomic E-state index is 11.1. The van der Waals surface area contributed by atoms with Crippen LogP contribution in [-0.4, -0.2) is 19.6 Å². The van der Waals surface area contributed by atoms with Crippen molar-refractivity contribution in [3.05, 3.63) is 33.4 Å². The van der Waals surface area contributed by atoms with E-state index in [9.17, 15) is 9.13 Å². The SMILES string of the molecule is Cc1cc(OP(=O)(O)O)c2cc([125I])ccc2c1OP(=O)(O)O. The highest BCUT2D eigenvalue weighted by molar-refractivity contribution is 14.1. The smallest absolute Gasteiger partial charge is 0.404 e. The molecule has 0 heterocycles. The Morgan fingerprint density at radius 1 is 0.955 bits per heavy atom. The van der Waals surface area contributed by atoms with Gasteiger partial charge in [-0.05, 0) is 59.3 Å². The fraction of sp³-hybridized carbons (Fsp3) is 0.0909. The van der Waals surface area contributed by atoms with Gasteiger partial charge in [0.05, 0.1) is 0 Å². The molecule has 0 aliphatic carbocycles. The first-order valence-electron chi connectivity index (χ1n) is 5.69. The fourth-order valence-corrected chi connectivity index (χ4v) is 3.29. The largest absolute Gasteiger partial charge is 0.524 e. The minimum atomic E-state index is -4.78. The fourth-order valence-electron chi connectivity index (χ4n) is 1.91. The van der Waals surface area contributed by atoms with Gasteiger partial charge in [0.15, 0.2) is 0 Å². The molecule has 0 bridgehead atoms. The lowest BCUT2D eigenvalue weighted by Crippen LogP contribution is -1.97. The molecule has 4 N–H and O–H groups in total. The minimum Gasteiger partial charge on any atom is -0.404 e. The summed E-state index contributed by atoms with van der Waals surface area (Å²) < 4.78 is 32.2. The van der Waals surface area contributed by atoms with Crippen molar-refractivity contribution < 1.29 is 37.8 Å². The van der Waals surface area contributed by atoms with Gasteiger partial charge in [-0.3, -0.25) is 19.6 Å². The number of benzene rings is 2. The van der Waals surface area contributed by atoms with Crippen LogP contribution in [0, 0.1) is 10.5 Å². The summed E-state index contributed by atoms with van der Waals surface area (Å²) in [7, 11) is -9.56. The lowest BCUT2D eigenvalue weighted by molar-refractivity contribution is 0.279. The van der Waals surface area contributed by atoms with Crippen molar-refractivity contribution in [3.63, 3.8) is 0 Å². The zero-order chi connectivity index (χ0) is 16.7. The van der Waals surface area contributed by atoms with Crippen LogP contribution in [0.15, 0.2) is 24.3 Å². The van der Waals surface area contributed by atoms with E-state index in [-0.39, 0.29) is 27.8 Å². The van der Waals surface area contributed by atoms with E-state index in [1.807, 2.05) is 22.6 Å². The highest BCUT2D eigenvalue weighted by Crippen LogP contribution is 2.48. The molecule has 0 aliphatic heterocycles. The first-order chi connectivity index (χ1) is 9.96. The number of phosphoric ester groups is 2. The quantitative estimate of drug-likeness (QED) is 0.406. The maximum Gasteiger partial charge on any atom is 0.524 e. The summed E-state index contributed by atoms with van der Waals surface area (Å²) in [5.41, 5.74) is 0.264. The Bertz CT molecular complexity index is 824. The molecule has 11 heteroatoms. The van der Waals surface area contributed by atoms with Gasteiger partial charge in [0, 0.05) is 14.3 Å². The molecule has 22 heavy (non-hydrogen) atoms. The lowest BCUT2D eigenvalue weighted by Gasteiger charge is -2.16. The van der Waals surface area contributed by atoms with Crippen LogP contribution in [0.1, 0.15) is 5.56 Å². The summed E-state index contributed by atoms with van der Waals surface area (Å²) in [4.78, 5) is 35.9. The molecular formula is C11H11IO8P2. The molecule has 0 aliphatic rings. The van der Waals surface area contributed by atoms with E-state index in [1.54, 1.807) is 12.1 Å². The summed E-state index contributed by atoms with van der Waals surface area (Å²) in [5.74, 6) is -0.171. The Balaban J connectivity index is 2.75. The Morgan fingerprint density at radius 3 is 2.09 bits per heavy atom. The van der Waals surface area contributed by atoms with E-state index in [1.165, 1.54) is 19.1 Å². The van der Waals surface area contributed by atoms with Crippen molar-refractivity contribution in [2.75, 3.05) is 0 Å². The summed E-state index contributed by atoms with van der Waals surface area (Å²) in [6.45, 7) is 1.48. The molecule has 0 amide bonds. The number of rotatable bonds is 4. The summed E-state index contributed by atoms with van der Waals surface area (Å²) >= 11 is 1.99. The maximum absolute atomic E-state index is 11.1. The highest BCUT2D eigenvalue weighted by atomic mass is 125. The molecule has 0 aromatic heterocycles. The van der Waals surface area contributed by atoms with Crippen LogP contribution in [0.2, 0.25) is 0 Å². The summed E-state index contributed by atoms with van der Waals surface area (Å²) in [5, 5.41) is 0.538. The third-order valence-corrected chi connectivity index (χ3v) is 4.15. The predicted octanol–water partition coefficient (Wildman–Crippen LogP) is 2.70. The van der Waals surface area contributed by atoms with Gasteiger partial charge in [-0.15, -0.1) is 0 Å². The van der Waals surface area contributed by atoms with Crippen LogP contribution in [0.5, 0.6) is 11.5 Å². The van der Waals surface area contributed by atoms with Gasteiger partial charge < -0.3 is 9.05 Å². The number of phosphoric acid groups is 2. The van der Waals surface area contributed by atoms with Gasteiger partial charge in [0.1, 0.15) is 11.5 Å². The Kier molecular flexibility index (Phi) is 4.89. The second-order valence-electron chi connectivity index (χ2n) is 4.37. The van der Waals surface area contributed by atoms with Crippen LogP contribution in [0.4, 0.5) is 0 Å². The van der Waals surface area contributed by atoms with E-state index in [0.717, 1.165) is 3.57 Å². The highest BCUT2D eigenvalue weighted by Gasteiger charge is 2.24. The van der Waals surface area contributed by atoms with Crippen LogP contribution in [0.25, 0.3) is 10.8 Å². The second-order valence-corrected chi connectivity index (χ2v) is 7.95. The molecule has 120 valence electrons. The van der Waals surface area contributed by atoms with E-state index in [4.69, 9.17) is 19.6 Å². The van der Waals surface area contributed by atoms with Crippen molar-refractivity contribution in [1.82, 2.24) is 0 Å². The number of hydrogen-bond acceptors (Lipinski definition) is 4. The van der Waals surface area contributed by atoms with Gasteiger partial charge in [-0.25, -0.2) is 9.13 Å². The van der Waals surface area contributed by atoms with Gasteiger partial charge in [-0.1, -0.05) is 0 Å². The molecule has 0 fully saturated rings. The third kappa shape index (κ3) is 4.42. The second kappa shape index (κ2) is 6.09. The zero-order valence-corrected chi connectivity index (χ0v) is 14.9. The molecule has 0 spiro atoms. The topological polar surface area (TPSA) is 134 Å². The van der Waals surface area contributed by atoms with Gasteiger partial charge in [0.25, 0.3) is 0 Å². The third-order valence-electron chi connectivity index (χ3n) is 2.62. The van der Waals surface area contributed by atoms with Gasteiger partial charge in [-0.2, -0.15) is 0 Å². The molecule has 0 saturated heterocycles. The van der Waals surface area contributed by atoms with Gasteiger partial charge >= 0.3 is 15.6 Å². The molecule has 0 atom stereocenters. The van der Waals surface area contributed by atoms with E-state index in [2.05, 4.69) is 9.05 Å². The standard InChI is InChI=1S/C11H11IO8P2/c1-6-4-10(19-21(13,14)15)9-5-7(12)2-3-8(9)11(6)20-22(16,17)18/h2-5H,1H3,(H2,13,14,15)(H2,16,17,18)/i12-2. The molecule has 2 aromatic carbocycles. The average molecular weight is 458 g/mol. The molecule has 2 aromatic rings. The molecule has 2 rings (SSSR count). The van der Waals surface area contributed by atoms with Crippen molar-refractivity contribution >= 4 is 49.0 Å². The zero-order valence-electron chi connectivity index (χ0n) is 11.0. The van der Waals surface area contributed by atoms with E-state index in [0.29, 0.717) is 0 Å². The van der Waals surface area contributed by atoms with E-state index >= 15 is 0 Å². The Morgan fingerprint density at radius 2 is 1.55 bits per heavy atom. The number of hydrogen-bond donors (Lipinski definition) is 4. The lowest BCUT2D eigenvalue weighted by atomic mass is 10.1. The molecule has 8 nitrogen and oxygen atoms in total. The molecular weight excluding hydrogens is 447 g/mol. The molecule has 0 saturated carbocycles. The van der Waals surface area contributed by atoms with Crippen LogP contribution < -0.4 is 9.05 Å². The number of halogens is 1. The first-order valence-corrected chi connectivity index (χ1v) is 9.83. The van der Waals surface area contributed by atoms with Crippen LogP contribution in [0.3, 0.4) is 0 Å². The first kappa shape index (κ1) is 17.7. The Labute approximate surface area is 138 Å². The summed E-state index contributed by atoms with van der Waals surface area (Å²) in [6, 6.07) is 6.01. The van der Waals surface area contributed by atoms with Gasteiger partial charge in [0.2, 0.25) is 0 Å². The van der Waals surface area contributed by atoms with E-state index < -0.39 is 15.6 Å². The average Bonchev–Trinajstić information content (AvgIpc) is 2.31. The summed E-state index contributed by atoms with van der Waals surface area (Å²) in [6.07, 6.45) is 0. The number of fused-ring (bicyclic) bond motifs is 1. The van der Waals surface area contributed by atoms with Crippen molar-refractivity contribution in [1.29, 1.82) is 0 Å². The van der Waals surface area contributed by atoms with Crippen molar-refractivity contribution in [2.45, 2.75) is 6.92 Å². The molecule has 0 radical (unpaired) electrons.